The second-order valence-corrected chi connectivity index (χ2v) is 16.3. The summed E-state index contributed by atoms with van der Waals surface area (Å²) in [5.41, 5.74) is 11.1. The number of hydrogen-bond donors (Lipinski definition) is 5. The van der Waals surface area contributed by atoms with Crippen molar-refractivity contribution in [2.24, 2.45) is 35.1 Å². The molecule has 2 aliphatic carbocycles. The zero-order valence-electron chi connectivity index (χ0n) is 32.4. The van der Waals surface area contributed by atoms with Crippen LogP contribution < -0.4 is 27.4 Å². The van der Waals surface area contributed by atoms with Crippen molar-refractivity contribution in [3.63, 3.8) is 0 Å². The van der Waals surface area contributed by atoms with Gasteiger partial charge in [-0.15, -0.1) is 22.7 Å². The van der Waals surface area contributed by atoms with Crippen LogP contribution in [0.3, 0.4) is 0 Å². The molecule has 2 saturated carbocycles. The summed E-state index contributed by atoms with van der Waals surface area (Å²) in [5, 5.41) is 12.7. The number of ketones is 1. The Bertz CT molecular complexity index is 2060. The number of aromatic nitrogens is 2. The first kappa shape index (κ1) is 41.2. The molecule has 14 nitrogen and oxygen atoms in total. The average molecular weight is 820 g/mol. The van der Waals surface area contributed by atoms with Crippen molar-refractivity contribution in [1.82, 2.24) is 20.2 Å². The van der Waals surface area contributed by atoms with Crippen LogP contribution >= 0.6 is 22.7 Å². The molecule has 0 radical (unpaired) electrons. The molecule has 2 saturated heterocycles. The number of carbonyl (C=O) groups is 6. The smallest absolute Gasteiger partial charge is 0.313 e. The summed E-state index contributed by atoms with van der Waals surface area (Å²) in [6.07, 6.45) is 12.9. The zero-order valence-corrected chi connectivity index (χ0v) is 33.0. The molecule has 17 heteroatoms. The maximum absolute atomic E-state index is 13.0. The Morgan fingerprint density at radius 2 is 1.35 bits per heavy atom. The third-order valence-electron chi connectivity index (χ3n) is 10.5. The number of amides is 5. The van der Waals surface area contributed by atoms with Gasteiger partial charge in [0.2, 0.25) is 17.6 Å². The highest BCUT2D eigenvalue weighted by molar-refractivity contribution is 7.10. The average Bonchev–Trinajstić information content (AvgIpc) is 4.06. The molecule has 57 heavy (non-hydrogen) atoms. The van der Waals surface area contributed by atoms with Crippen molar-refractivity contribution in [1.29, 1.82) is 0 Å². The third kappa shape index (κ3) is 11.1. The van der Waals surface area contributed by atoms with Gasteiger partial charge in [0.1, 0.15) is 0 Å². The number of rotatable bonds is 7. The van der Waals surface area contributed by atoms with Crippen molar-refractivity contribution in [2.45, 2.75) is 57.5 Å². The number of hydrogen-bond acceptors (Lipinski definition) is 11. The lowest BCUT2D eigenvalue weighted by Gasteiger charge is -2.39. The summed E-state index contributed by atoms with van der Waals surface area (Å²) >= 11 is 3.53. The molecule has 0 spiro atoms. The van der Waals surface area contributed by atoms with Gasteiger partial charge in [0.05, 0.1) is 49.5 Å². The Hall–Kier alpha value is -5.39. The number of nitrogens with zero attached hydrogens (tertiary/aromatic N) is 3. The number of anilines is 2. The van der Waals surface area contributed by atoms with Crippen LogP contribution in [0.15, 0.2) is 71.9 Å². The lowest BCUT2D eigenvalue weighted by Crippen LogP contribution is -2.47. The number of halogens is 1. The van der Waals surface area contributed by atoms with Crippen LogP contribution in [-0.4, -0.2) is 70.4 Å². The molecule has 4 bridgehead atoms. The topological polar surface area (TPSA) is 220 Å². The quantitative estimate of drug-likeness (QED) is 0.153. The minimum atomic E-state index is -1.00. The molecule has 4 aromatic rings. The van der Waals surface area contributed by atoms with E-state index in [2.05, 4.69) is 43.4 Å². The van der Waals surface area contributed by atoms with Gasteiger partial charge in [-0.3, -0.25) is 43.1 Å². The van der Waals surface area contributed by atoms with Gasteiger partial charge in [0.15, 0.2) is 0 Å². The fourth-order valence-corrected chi connectivity index (χ4v) is 9.77. The van der Waals surface area contributed by atoms with E-state index in [0.29, 0.717) is 24.4 Å². The predicted octanol–water partition coefficient (Wildman–Crippen LogP) is 5.28. The van der Waals surface area contributed by atoms with Gasteiger partial charge in [0.25, 0.3) is 5.91 Å². The number of primary amides is 2. The van der Waals surface area contributed by atoms with E-state index in [9.17, 15) is 33.2 Å². The van der Waals surface area contributed by atoms with Crippen LogP contribution in [0.5, 0.6) is 0 Å². The first-order valence-corrected chi connectivity index (χ1v) is 20.2. The number of nitrogens with one attached hydrogen (secondary N) is 3. The summed E-state index contributed by atoms with van der Waals surface area (Å²) in [6.45, 7) is 2.99. The van der Waals surface area contributed by atoms with Crippen molar-refractivity contribution >= 4 is 69.4 Å². The highest BCUT2D eigenvalue weighted by Crippen LogP contribution is 2.48. The van der Waals surface area contributed by atoms with E-state index in [4.69, 9.17) is 12.8 Å². The molecule has 4 aliphatic rings. The molecule has 2 aliphatic heterocycles. The lowest BCUT2D eigenvalue weighted by atomic mass is 9.89. The number of fused-ring (bicyclic) bond motifs is 4. The van der Waals surface area contributed by atoms with E-state index in [1.54, 1.807) is 21.1 Å². The van der Waals surface area contributed by atoms with E-state index in [1.807, 2.05) is 28.8 Å². The molecular weight excluding hydrogens is 772 g/mol. The van der Waals surface area contributed by atoms with E-state index >= 15 is 0 Å². The third-order valence-corrected chi connectivity index (χ3v) is 12.4. The molecule has 4 aromatic heterocycles. The van der Waals surface area contributed by atoms with Crippen molar-refractivity contribution in [2.75, 3.05) is 30.9 Å². The number of carbonyl (C=O) groups excluding carboxylic acids is 6. The largest absolute Gasteiger partial charge is 0.366 e. The SMILES string of the molecule is CC(=O)C(=O)Nc1cncc(C(N)=O)c1.NC(=O)c1cncc(NC(=O)C(=O)N2C[C@@H]3CC[C@@H](C3)[C@@H]2c2cccs2)c1.[2H]CF.c1csc([C@@H]2NC[C@@H]3CC[C@H]2C3)c1. The zero-order chi connectivity index (χ0) is 41.8. The van der Waals surface area contributed by atoms with Gasteiger partial charge < -0.3 is 32.3 Å². The molecule has 5 amide bonds. The molecule has 4 fully saturated rings. The van der Waals surface area contributed by atoms with E-state index < -0.39 is 42.5 Å². The van der Waals surface area contributed by atoms with Gasteiger partial charge in [-0.05, 0) is 104 Å². The van der Waals surface area contributed by atoms with Crippen molar-refractivity contribution < 1.29 is 34.5 Å². The number of thiophene rings is 2. The molecule has 8 rings (SSSR count). The summed E-state index contributed by atoms with van der Waals surface area (Å²) < 4.78 is 15.5. The number of alkyl halides is 1. The van der Waals surface area contributed by atoms with Gasteiger partial charge in [-0.2, -0.15) is 0 Å². The monoisotopic (exact) mass is 819 g/mol. The molecule has 7 N–H and O–H groups in total. The summed E-state index contributed by atoms with van der Waals surface area (Å²) in [7, 11) is -1.00. The highest BCUT2D eigenvalue weighted by Gasteiger charge is 2.45. The fourth-order valence-electron chi connectivity index (χ4n) is 7.95. The first-order valence-electron chi connectivity index (χ1n) is 19.2. The number of piperidine rings is 2. The Balaban J connectivity index is 0.000000174. The van der Waals surface area contributed by atoms with E-state index in [1.165, 1.54) is 62.7 Å². The second-order valence-electron chi connectivity index (χ2n) is 14.3. The fraction of sp³-hybridized carbons (Fsp3) is 0.400. The van der Waals surface area contributed by atoms with Crippen LogP contribution in [0.4, 0.5) is 15.8 Å². The van der Waals surface area contributed by atoms with Crippen molar-refractivity contribution in [3.05, 3.63) is 92.8 Å². The highest BCUT2D eigenvalue weighted by atomic mass is 32.1. The van der Waals surface area contributed by atoms with Gasteiger partial charge in [-0.25, -0.2) is 0 Å². The normalized spacial score (nSPS) is 22.8. The van der Waals surface area contributed by atoms with Crippen LogP contribution in [0.25, 0.3) is 0 Å². The standard InChI is InChI=1S/C19H20N4O3S.C11H15NS.C9H9N3O3.CH3F/c20-17(24)13-7-14(9-21-8-13)22-18(25)19(26)23-10-11-3-4-12(6-11)16(23)15-2-1-5-27-15;1-2-10(13-5-1)11-9-4-3-8(6-9)7-12-11;1-5(13)9(15)12-7-2-6(8(10)14)3-11-4-7;1-2/h1-2,5,7-9,11-12,16H,3-4,6,10H2,(H2,20,24)(H,22,25);1-2,5,8-9,11-12H,3-4,6-7H2;2-4H,1H3,(H2,10,14)(H,12,15);1H3/t11-,12+,16-;8-,9+,11-;;/m11../s1/i;;;1D. The van der Waals surface area contributed by atoms with Gasteiger partial charge >= 0.3 is 11.8 Å². The Labute approximate surface area is 339 Å². The van der Waals surface area contributed by atoms with Crippen LogP contribution in [0.2, 0.25) is 0 Å². The van der Waals surface area contributed by atoms with E-state index in [0.717, 1.165) is 42.9 Å². The summed E-state index contributed by atoms with van der Waals surface area (Å²) in [4.78, 5) is 81.2. The lowest BCUT2D eigenvalue weighted by molar-refractivity contribution is -0.147. The number of likely N-dealkylation sites (tertiary alicyclic amines) is 1. The van der Waals surface area contributed by atoms with Crippen LogP contribution in [-0.2, 0) is 19.2 Å². The summed E-state index contributed by atoms with van der Waals surface area (Å²) in [5.74, 6) is -1.18. The second kappa shape index (κ2) is 20.2. The Morgan fingerprint density at radius 3 is 1.91 bits per heavy atom. The summed E-state index contributed by atoms with van der Waals surface area (Å²) in [6, 6.07) is 11.9. The Kier molecular flexibility index (Phi) is 14.6. The molecule has 6 atom stereocenters. The molecule has 302 valence electrons. The van der Waals surface area contributed by atoms with Crippen molar-refractivity contribution in [3.8, 4) is 0 Å². The molecule has 0 unspecified atom stereocenters. The predicted molar refractivity (Wildman–Crippen MR) is 216 cm³/mol. The van der Waals surface area contributed by atoms with E-state index in [-0.39, 0.29) is 28.5 Å². The molecule has 0 aromatic carbocycles. The molecular formula is C40H47FN8O6S2. The maximum Gasteiger partial charge on any atom is 0.313 e. The Morgan fingerprint density at radius 1 is 0.807 bits per heavy atom. The minimum absolute atomic E-state index is 0.0444. The number of Topliss-reactive ketones (excluding diaryl/α,β-unsaturated/α-hetero) is 1. The first-order chi connectivity index (χ1) is 27.9. The van der Waals surface area contributed by atoms with Crippen LogP contribution in [0.1, 0.15) is 89.4 Å². The number of pyridine rings is 2. The number of nitrogens with two attached hydrogens (primary N) is 2. The molecule has 6 heterocycles. The maximum atomic E-state index is 13.0. The van der Waals surface area contributed by atoms with Gasteiger partial charge in [0, 0.05) is 41.7 Å². The van der Waals surface area contributed by atoms with Crippen LogP contribution in [0, 0.1) is 23.7 Å². The minimum Gasteiger partial charge on any atom is -0.366 e. The van der Waals surface area contributed by atoms with Gasteiger partial charge in [-0.1, -0.05) is 12.1 Å².